The summed E-state index contributed by atoms with van der Waals surface area (Å²) in [5, 5.41) is 1.23. The van der Waals surface area contributed by atoms with Gasteiger partial charge in [0.05, 0.1) is 26.3 Å². The zero-order valence-electron chi connectivity index (χ0n) is 18.3. The molecule has 0 aliphatic heterocycles. The van der Waals surface area contributed by atoms with E-state index in [0.29, 0.717) is 11.8 Å². The molecule has 0 aliphatic carbocycles. The first-order valence-corrected chi connectivity index (χ1v) is 11.4. The van der Waals surface area contributed by atoms with Crippen LogP contribution in [0.1, 0.15) is 81.8 Å². The Morgan fingerprint density at radius 2 is 1.72 bits per heavy atom. The Morgan fingerprint density at radius 1 is 0.931 bits per heavy atom. The molecule has 4 aromatic rings. The molecule has 2 heterocycles. The van der Waals surface area contributed by atoms with Crippen LogP contribution in [0.5, 0.6) is 0 Å². The summed E-state index contributed by atoms with van der Waals surface area (Å²) in [6, 6.07) is 13.4. The molecule has 2 aromatic heterocycles. The van der Waals surface area contributed by atoms with Gasteiger partial charge in [-0.25, -0.2) is 9.97 Å². The van der Waals surface area contributed by atoms with Crippen LogP contribution in [0.3, 0.4) is 0 Å². The number of aromatic nitrogens is 3. The molecular formula is C25H31N3S. The smallest absolute Gasteiger partial charge is 0.109 e. The van der Waals surface area contributed by atoms with E-state index in [0.717, 1.165) is 35.2 Å². The van der Waals surface area contributed by atoms with Crippen molar-refractivity contribution in [1.29, 1.82) is 0 Å². The summed E-state index contributed by atoms with van der Waals surface area (Å²) in [7, 11) is 0. The zero-order chi connectivity index (χ0) is 20.8. The maximum absolute atomic E-state index is 5.01. The minimum Gasteiger partial charge on any atom is -0.342 e. The van der Waals surface area contributed by atoms with E-state index in [4.69, 9.17) is 4.98 Å². The second-order valence-electron chi connectivity index (χ2n) is 9.41. The molecule has 0 amide bonds. The number of fused-ring (bicyclic) bond motifs is 2. The lowest BCUT2D eigenvalue weighted by Crippen LogP contribution is -2.17. The summed E-state index contributed by atoms with van der Waals surface area (Å²) >= 11 is 1.84. The van der Waals surface area contributed by atoms with Crippen molar-refractivity contribution in [3.05, 3.63) is 58.4 Å². The van der Waals surface area contributed by atoms with Gasteiger partial charge in [0, 0.05) is 11.3 Å². The Labute approximate surface area is 177 Å². The Balaban J connectivity index is 1.53. The molecule has 2 aromatic carbocycles. The van der Waals surface area contributed by atoms with Gasteiger partial charge in [-0.2, -0.15) is 0 Å². The van der Waals surface area contributed by atoms with Gasteiger partial charge in [-0.1, -0.05) is 53.7 Å². The van der Waals surface area contributed by atoms with Gasteiger partial charge < -0.3 is 4.98 Å². The van der Waals surface area contributed by atoms with Crippen molar-refractivity contribution in [1.82, 2.24) is 15.0 Å². The lowest BCUT2D eigenvalue weighted by Gasteiger charge is -2.21. The van der Waals surface area contributed by atoms with Crippen molar-refractivity contribution in [2.45, 2.75) is 71.6 Å². The number of hydrogen-bond donors (Lipinski definition) is 1. The molecule has 0 atom stereocenters. The first kappa shape index (κ1) is 20.1. The number of aryl methyl sites for hydroxylation is 1. The Bertz CT molecular complexity index is 1150. The lowest BCUT2D eigenvalue weighted by atomic mass is 9.87. The molecule has 0 spiro atoms. The van der Waals surface area contributed by atoms with Gasteiger partial charge in [-0.3, -0.25) is 0 Å². The van der Waals surface area contributed by atoms with Gasteiger partial charge in [0.1, 0.15) is 5.82 Å². The van der Waals surface area contributed by atoms with Crippen molar-refractivity contribution < 1.29 is 0 Å². The van der Waals surface area contributed by atoms with E-state index in [-0.39, 0.29) is 5.41 Å². The van der Waals surface area contributed by atoms with E-state index < -0.39 is 0 Å². The van der Waals surface area contributed by atoms with E-state index in [2.05, 4.69) is 87.9 Å². The highest BCUT2D eigenvalue weighted by Gasteiger charge is 2.25. The molecule has 0 radical (unpaired) electrons. The van der Waals surface area contributed by atoms with Crippen LogP contribution in [0.15, 0.2) is 36.4 Å². The van der Waals surface area contributed by atoms with E-state index in [9.17, 15) is 0 Å². The molecule has 29 heavy (non-hydrogen) atoms. The summed E-state index contributed by atoms with van der Waals surface area (Å²) in [6.07, 6.45) is 2.10. The molecular weight excluding hydrogens is 374 g/mol. The maximum Gasteiger partial charge on any atom is 0.109 e. The van der Waals surface area contributed by atoms with Crippen LogP contribution >= 0.6 is 11.3 Å². The number of nitrogens with zero attached hydrogens (tertiary/aromatic N) is 2. The van der Waals surface area contributed by atoms with Crippen LogP contribution in [0.25, 0.3) is 21.3 Å². The SMILES string of the molecule is CC(C)c1ccc2sc(C(C)(C)CCc3ccc4nc(C(C)C)[nH]c4c3)nc2c1. The predicted molar refractivity (Wildman–Crippen MR) is 125 cm³/mol. The highest BCUT2D eigenvalue weighted by molar-refractivity contribution is 7.18. The van der Waals surface area contributed by atoms with Gasteiger partial charge in [-0.15, -0.1) is 11.3 Å². The summed E-state index contributed by atoms with van der Waals surface area (Å²) in [6.45, 7) is 13.4. The molecule has 0 fully saturated rings. The van der Waals surface area contributed by atoms with Crippen molar-refractivity contribution >= 4 is 32.6 Å². The topological polar surface area (TPSA) is 41.6 Å². The fourth-order valence-electron chi connectivity index (χ4n) is 3.66. The normalized spacial score (nSPS) is 12.7. The van der Waals surface area contributed by atoms with Crippen LogP contribution in [0.4, 0.5) is 0 Å². The van der Waals surface area contributed by atoms with E-state index in [1.807, 2.05) is 11.3 Å². The molecule has 3 nitrogen and oxygen atoms in total. The third-order valence-electron chi connectivity index (χ3n) is 5.81. The van der Waals surface area contributed by atoms with Gasteiger partial charge in [-0.05, 0) is 54.2 Å². The highest BCUT2D eigenvalue weighted by Crippen LogP contribution is 2.36. The Hall–Kier alpha value is -2.20. The van der Waals surface area contributed by atoms with Crippen molar-refractivity contribution in [2.75, 3.05) is 0 Å². The van der Waals surface area contributed by atoms with Crippen molar-refractivity contribution in [3.63, 3.8) is 0 Å². The number of hydrogen-bond acceptors (Lipinski definition) is 3. The van der Waals surface area contributed by atoms with E-state index in [1.54, 1.807) is 0 Å². The molecule has 0 aliphatic rings. The molecule has 0 saturated carbocycles. The number of thiazole rings is 1. The number of H-pyrrole nitrogens is 1. The Morgan fingerprint density at radius 3 is 2.45 bits per heavy atom. The first-order chi connectivity index (χ1) is 13.7. The first-order valence-electron chi connectivity index (χ1n) is 10.6. The average molecular weight is 406 g/mol. The standard InChI is InChI=1S/C25H31N3S/c1-15(2)18-8-10-22-21(14-18)28-24(29-22)25(5,6)12-11-17-7-9-19-20(13-17)27-23(26-19)16(3)4/h7-10,13-16H,11-12H2,1-6H3,(H,26,27). The van der Waals surface area contributed by atoms with Gasteiger partial charge in [0.15, 0.2) is 0 Å². The van der Waals surface area contributed by atoms with Crippen LogP contribution in [0.2, 0.25) is 0 Å². The molecule has 4 heteroatoms. The highest BCUT2D eigenvalue weighted by atomic mass is 32.1. The fourth-order valence-corrected chi connectivity index (χ4v) is 4.74. The molecule has 0 saturated heterocycles. The summed E-state index contributed by atoms with van der Waals surface area (Å²) in [4.78, 5) is 13.2. The summed E-state index contributed by atoms with van der Waals surface area (Å²) in [5.74, 6) is 2.01. The van der Waals surface area contributed by atoms with Crippen LogP contribution in [-0.4, -0.2) is 15.0 Å². The second-order valence-corrected chi connectivity index (χ2v) is 10.4. The van der Waals surface area contributed by atoms with Crippen LogP contribution < -0.4 is 0 Å². The molecule has 0 bridgehead atoms. The van der Waals surface area contributed by atoms with Crippen molar-refractivity contribution in [3.8, 4) is 0 Å². The third kappa shape index (κ3) is 4.09. The largest absolute Gasteiger partial charge is 0.342 e. The van der Waals surface area contributed by atoms with Gasteiger partial charge in [0.2, 0.25) is 0 Å². The third-order valence-corrected chi connectivity index (χ3v) is 7.21. The van der Waals surface area contributed by atoms with Gasteiger partial charge in [0.25, 0.3) is 0 Å². The summed E-state index contributed by atoms with van der Waals surface area (Å²) < 4.78 is 1.29. The Kier molecular flexibility index (Phi) is 5.24. The minimum absolute atomic E-state index is 0.0493. The van der Waals surface area contributed by atoms with E-state index >= 15 is 0 Å². The van der Waals surface area contributed by atoms with E-state index in [1.165, 1.54) is 20.8 Å². The van der Waals surface area contributed by atoms with Crippen LogP contribution in [-0.2, 0) is 11.8 Å². The zero-order valence-corrected chi connectivity index (χ0v) is 19.2. The number of nitrogens with one attached hydrogen (secondary N) is 1. The predicted octanol–water partition coefficient (Wildman–Crippen LogP) is 7.33. The molecule has 152 valence electrons. The second kappa shape index (κ2) is 7.56. The molecule has 4 rings (SSSR count). The molecule has 0 unspecified atom stereocenters. The summed E-state index contributed by atoms with van der Waals surface area (Å²) in [5.41, 5.74) is 6.11. The van der Waals surface area contributed by atoms with Crippen molar-refractivity contribution in [2.24, 2.45) is 0 Å². The fraction of sp³-hybridized carbons (Fsp3) is 0.440. The maximum atomic E-state index is 5.01. The number of rotatable bonds is 6. The quantitative estimate of drug-likeness (QED) is 0.365. The number of aromatic amines is 1. The minimum atomic E-state index is 0.0493. The monoisotopic (exact) mass is 405 g/mol. The van der Waals surface area contributed by atoms with Crippen LogP contribution in [0, 0.1) is 0 Å². The average Bonchev–Trinajstić information content (AvgIpc) is 3.29. The molecule has 1 N–H and O–H groups in total. The van der Waals surface area contributed by atoms with Gasteiger partial charge >= 0.3 is 0 Å². The number of benzene rings is 2. The number of imidazole rings is 1. The lowest BCUT2D eigenvalue weighted by molar-refractivity contribution is 0.478.